The Hall–Kier alpha value is -1.10. The molecular weight excluding hydrogens is 216 g/mol. The van der Waals surface area contributed by atoms with Crippen molar-refractivity contribution >= 4 is 6.01 Å². The van der Waals surface area contributed by atoms with Gasteiger partial charge in [0.25, 0.3) is 0 Å². The number of hydrogen-bond donors (Lipinski definition) is 1. The zero-order valence-electron chi connectivity index (χ0n) is 11.5. The van der Waals surface area contributed by atoms with Crippen LogP contribution in [0.25, 0.3) is 0 Å². The van der Waals surface area contributed by atoms with Crippen molar-refractivity contribution in [1.82, 2.24) is 15.5 Å². The standard InChI is InChI=1S/C12H24N4O/c1-6-9(3)8-16(7-2)12-15-14-11(17-12)10(4)13-5/h9-10,13H,6-8H2,1-5H3. The lowest BCUT2D eigenvalue weighted by Crippen LogP contribution is -2.28. The van der Waals surface area contributed by atoms with Gasteiger partial charge in [-0.1, -0.05) is 25.4 Å². The van der Waals surface area contributed by atoms with Crippen molar-refractivity contribution in [2.75, 3.05) is 25.0 Å². The van der Waals surface area contributed by atoms with E-state index >= 15 is 0 Å². The molecule has 0 radical (unpaired) electrons. The van der Waals surface area contributed by atoms with Gasteiger partial charge >= 0.3 is 6.01 Å². The summed E-state index contributed by atoms with van der Waals surface area (Å²) in [6.45, 7) is 10.4. The molecule has 0 saturated heterocycles. The molecule has 0 aliphatic heterocycles. The average molecular weight is 240 g/mol. The van der Waals surface area contributed by atoms with Crippen LogP contribution in [0.1, 0.15) is 46.0 Å². The van der Waals surface area contributed by atoms with Crippen LogP contribution in [0, 0.1) is 5.92 Å². The van der Waals surface area contributed by atoms with E-state index in [9.17, 15) is 0 Å². The van der Waals surface area contributed by atoms with E-state index in [1.807, 2.05) is 14.0 Å². The van der Waals surface area contributed by atoms with Gasteiger partial charge in [-0.3, -0.25) is 0 Å². The van der Waals surface area contributed by atoms with E-state index in [-0.39, 0.29) is 6.04 Å². The summed E-state index contributed by atoms with van der Waals surface area (Å²) in [5.41, 5.74) is 0. The third-order valence-electron chi connectivity index (χ3n) is 3.11. The van der Waals surface area contributed by atoms with Gasteiger partial charge in [-0.05, 0) is 26.8 Å². The van der Waals surface area contributed by atoms with Crippen molar-refractivity contribution in [1.29, 1.82) is 0 Å². The van der Waals surface area contributed by atoms with E-state index in [1.54, 1.807) is 0 Å². The smallest absolute Gasteiger partial charge is 0.318 e. The predicted molar refractivity (Wildman–Crippen MR) is 69.1 cm³/mol. The summed E-state index contributed by atoms with van der Waals surface area (Å²) in [7, 11) is 1.88. The molecule has 1 aromatic rings. The molecule has 1 aromatic heterocycles. The molecule has 1 rings (SSSR count). The molecule has 0 bridgehead atoms. The molecule has 0 amide bonds. The zero-order valence-corrected chi connectivity index (χ0v) is 11.5. The van der Waals surface area contributed by atoms with Crippen LogP contribution >= 0.6 is 0 Å². The minimum atomic E-state index is 0.0959. The van der Waals surface area contributed by atoms with Crippen molar-refractivity contribution in [2.45, 2.75) is 40.2 Å². The summed E-state index contributed by atoms with van der Waals surface area (Å²) in [5.74, 6) is 1.28. The average Bonchev–Trinajstić information content (AvgIpc) is 2.83. The Morgan fingerprint density at radius 1 is 1.29 bits per heavy atom. The number of anilines is 1. The van der Waals surface area contributed by atoms with Gasteiger partial charge in [0.05, 0.1) is 6.04 Å². The molecule has 2 unspecified atom stereocenters. The molecule has 5 heteroatoms. The first kappa shape index (κ1) is 14.0. The second-order valence-electron chi connectivity index (χ2n) is 4.49. The Kier molecular flexibility index (Phi) is 5.41. The van der Waals surface area contributed by atoms with E-state index in [2.05, 4.69) is 41.2 Å². The summed E-state index contributed by atoms with van der Waals surface area (Å²) in [4.78, 5) is 2.13. The van der Waals surface area contributed by atoms with Crippen molar-refractivity contribution in [3.05, 3.63) is 5.89 Å². The van der Waals surface area contributed by atoms with Gasteiger partial charge in [-0.2, -0.15) is 0 Å². The van der Waals surface area contributed by atoms with Crippen molar-refractivity contribution in [2.24, 2.45) is 5.92 Å². The number of hydrogen-bond acceptors (Lipinski definition) is 5. The molecule has 0 spiro atoms. The van der Waals surface area contributed by atoms with Gasteiger partial charge in [-0.15, -0.1) is 5.10 Å². The first-order valence-electron chi connectivity index (χ1n) is 6.37. The summed E-state index contributed by atoms with van der Waals surface area (Å²) in [6, 6.07) is 0.725. The first-order chi connectivity index (χ1) is 8.12. The molecule has 0 aliphatic rings. The van der Waals surface area contributed by atoms with Gasteiger partial charge in [0.2, 0.25) is 5.89 Å². The van der Waals surface area contributed by atoms with Crippen LogP contribution in [0.4, 0.5) is 6.01 Å². The third-order valence-corrected chi connectivity index (χ3v) is 3.11. The highest BCUT2D eigenvalue weighted by Crippen LogP contribution is 2.18. The van der Waals surface area contributed by atoms with Crippen LogP contribution in [-0.2, 0) is 0 Å². The third kappa shape index (κ3) is 3.70. The lowest BCUT2D eigenvalue weighted by atomic mass is 10.1. The molecule has 0 aromatic carbocycles. The van der Waals surface area contributed by atoms with Crippen LogP contribution in [0.15, 0.2) is 4.42 Å². The number of nitrogens with zero attached hydrogens (tertiary/aromatic N) is 3. The number of rotatable bonds is 7. The molecule has 17 heavy (non-hydrogen) atoms. The fraction of sp³-hybridized carbons (Fsp3) is 0.833. The second kappa shape index (κ2) is 6.59. The van der Waals surface area contributed by atoms with Crippen LogP contribution in [0.2, 0.25) is 0 Å². The second-order valence-corrected chi connectivity index (χ2v) is 4.49. The van der Waals surface area contributed by atoms with E-state index < -0.39 is 0 Å². The normalized spacial score (nSPS) is 14.6. The maximum Gasteiger partial charge on any atom is 0.318 e. The minimum absolute atomic E-state index is 0.0959. The maximum absolute atomic E-state index is 5.68. The number of aromatic nitrogens is 2. The minimum Gasteiger partial charge on any atom is -0.406 e. The molecule has 1 N–H and O–H groups in total. The SMILES string of the molecule is CCC(C)CN(CC)c1nnc(C(C)NC)o1. The topological polar surface area (TPSA) is 54.2 Å². The van der Waals surface area contributed by atoms with Crippen molar-refractivity contribution in [3.63, 3.8) is 0 Å². The van der Waals surface area contributed by atoms with Crippen molar-refractivity contribution in [3.8, 4) is 0 Å². The highest BCUT2D eigenvalue weighted by molar-refractivity contribution is 5.23. The maximum atomic E-state index is 5.68. The number of nitrogens with one attached hydrogen (secondary N) is 1. The highest BCUT2D eigenvalue weighted by atomic mass is 16.4. The van der Waals surface area contributed by atoms with E-state index in [0.29, 0.717) is 17.8 Å². The molecule has 2 atom stereocenters. The summed E-state index contributed by atoms with van der Waals surface area (Å²) in [5, 5.41) is 11.3. The molecule has 0 aliphatic carbocycles. The fourth-order valence-electron chi connectivity index (χ4n) is 1.50. The monoisotopic (exact) mass is 240 g/mol. The Morgan fingerprint density at radius 3 is 2.53 bits per heavy atom. The van der Waals surface area contributed by atoms with E-state index in [4.69, 9.17) is 4.42 Å². The largest absolute Gasteiger partial charge is 0.406 e. The highest BCUT2D eigenvalue weighted by Gasteiger charge is 2.17. The molecule has 98 valence electrons. The lowest BCUT2D eigenvalue weighted by Gasteiger charge is -2.21. The van der Waals surface area contributed by atoms with E-state index in [1.165, 1.54) is 0 Å². The quantitative estimate of drug-likeness (QED) is 0.792. The zero-order chi connectivity index (χ0) is 12.8. The lowest BCUT2D eigenvalue weighted by molar-refractivity contribution is 0.422. The Labute approximate surface area is 104 Å². The van der Waals surface area contributed by atoms with Crippen LogP contribution in [0.5, 0.6) is 0 Å². The summed E-state index contributed by atoms with van der Waals surface area (Å²) in [6.07, 6.45) is 1.16. The van der Waals surface area contributed by atoms with Gasteiger partial charge in [0.1, 0.15) is 0 Å². The Bertz CT molecular complexity index is 326. The molecule has 0 saturated carbocycles. The van der Waals surface area contributed by atoms with E-state index in [0.717, 1.165) is 19.5 Å². The predicted octanol–water partition coefficient (Wildman–Crippen LogP) is 2.22. The van der Waals surface area contributed by atoms with Crippen LogP contribution in [0.3, 0.4) is 0 Å². The van der Waals surface area contributed by atoms with Crippen LogP contribution in [-0.4, -0.2) is 30.3 Å². The van der Waals surface area contributed by atoms with Gasteiger partial charge in [0.15, 0.2) is 0 Å². The molecule has 5 nitrogen and oxygen atoms in total. The molecule has 0 fully saturated rings. The molecular formula is C12H24N4O. The Balaban J connectivity index is 2.72. The van der Waals surface area contributed by atoms with Gasteiger partial charge < -0.3 is 14.6 Å². The van der Waals surface area contributed by atoms with Gasteiger partial charge in [-0.25, -0.2) is 0 Å². The Morgan fingerprint density at radius 2 is 2.00 bits per heavy atom. The first-order valence-corrected chi connectivity index (χ1v) is 6.37. The summed E-state index contributed by atoms with van der Waals surface area (Å²) >= 11 is 0. The fourth-order valence-corrected chi connectivity index (χ4v) is 1.50. The molecule has 1 heterocycles. The van der Waals surface area contributed by atoms with Crippen LogP contribution < -0.4 is 10.2 Å². The van der Waals surface area contributed by atoms with Gasteiger partial charge in [0, 0.05) is 13.1 Å². The summed E-state index contributed by atoms with van der Waals surface area (Å²) < 4.78 is 5.68. The van der Waals surface area contributed by atoms with Crippen molar-refractivity contribution < 1.29 is 4.42 Å².